The standard InChI is InChI=1S/C54H52N2O8/c1-36-34-56(52(58)55-51(36)57)49-33-50(64-54(39-15-11-8-12-16-39,42-21-29-46(61-5)30-22-42)43-23-31-47(62-6)32-24-43)48(37(49)2)35-63-53(38-13-9-7-10-14-38,40-17-25-44(59-3)26-18-40)41-19-27-45(60-4)28-20-41/h7-32,34,48-50H,2,33,35H2,1,3-6H3,(H,55,57,58)/t48-,49+,50+/m1/s1. The minimum atomic E-state index is -1.20. The van der Waals surface area contributed by atoms with Gasteiger partial charge in [0.25, 0.3) is 5.56 Å². The monoisotopic (exact) mass is 856 g/mol. The number of methoxy groups -OCH3 is 4. The number of ether oxygens (including phenoxy) is 6. The fourth-order valence-corrected chi connectivity index (χ4v) is 9.02. The molecule has 0 radical (unpaired) electrons. The molecule has 3 atom stereocenters. The van der Waals surface area contributed by atoms with Gasteiger partial charge in [0.15, 0.2) is 0 Å². The maximum atomic E-state index is 13.7. The average molecular weight is 857 g/mol. The molecule has 6 aromatic carbocycles. The number of nitrogens with zero attached hydrogens (tertiary/aromatic N) is 1. The fourth-order valence-electron chi connectivity index (χ4n) is 9.02. The second kappa shape index (κ2) is 18.7. The zero-order chi connectivity index (χ0) is 44.8. The number of hydrogen-bond acceptors (Lipinski definition) is 8. The summed E-state index contributed by atoms with van der Waals surface area (Å²) in [4.78, 5) is 28.9. The number of aryl methyl sites for hydroxylation is 1. The lowest BCUT2D eigenvalue weighted by Gasteiger charge is -2.41. The number of aromatic nitrogens is 2. The predicted molar refractivity (Wildman–Crippen MR) is 248 cm³/mol. The smallest absolute Gasteiger partial charge is 0.328 e. The minimum Gasteiger partial charge on any atom is -0.497 e. The summed E-state index contributed by atoms with van der Waals surface area (Å²) in [5.41, 5.74) is 3.01. The molecule has 326 valence electrons. The van der Waals surface area contributed by atoms with Crippen LogP contribution in [0.15, 0.2) is 186 Å². The second-order valence-corrected chi connectivity index (χ2v) is 15.9. The number of hydrogen-bond donors (Lipinski definition) is 1. The Labute approximate surface area is 373 Å². The van der Waals surface area contributed by atoms with Crippen molar-refractivity contribution in [3.63, 3.8) is 0 Å². The van der Waals surface area contributed by atoms with Crippen molar-refractivity contribution < 1.29 is 28.4 Å². The molecule has 1 fully saturated rings. The van der Waals surface area contributed by atoms with E-state index in [0.717, 1.165) is 39.0 Å². The molecular formula is C54H52N2O8. The molecule has 0 amide bonds. The molecule has 10 heteroatoms. The summed E-state index contributed by atoms with van der Waals surface area (Å²) in [6.45, 7) is 6.52. The first kappa shape index (κ1) is 43.5. The second-order valence-electron chi connectivity index (χ2n) is 15.9. The highest BCUT2D eigenvalue weighted by Gasteiger charge is 2.49. The molecule has 8 rings (SSSR count). The molecule has 64 heavy (non-hydrogen) atoms. The van der Waals surface area contributed by atoms with E-state index in [1.54, 1.807) is 46.1 Å². The van der Waals surface area contributed by atoms with Gasteiger partial charge >= 0.3 is 5.69 Å². The van der Waals surface area contributed by atoms with Crippen LogP contribution in [0, 0.1) is 12.8 Å². The van der Waals surface area contributed by atoms with E-state index in [4.69, 9.17) is 35.0 Å². The maximum Gasteiger partial charge on any atom is 0.328 e. The van der Waals surface area contributed by atoms with Gasteiger partial charge in [-0.3, -0.25) is 14.3 Å². The molecule has 10 nitrogen and oxygen atoms in total. The van der Waals surface area contributed by atoms with Gasteiger partial charge in [-0.15, -0.1) is 0 Å². The Bertz CT molecular complexity index is 2690. The Kier molecular flexibility index (Phi) is 12.7. The van der Waals surface area contributed by atoms with Gasteiger partial charge in [0.05, 0.1) is 47.2 Å². The van der Waals surface area contributed by atoms with E-state index in [-0.39, 0.29) is 6.61 Å². The first-order valence-electron chi connectivity index (χ1n) is 21.2. The number of nitrogens with one attached hydrogen (secondary N) is 1. The van der Waals surface area contributed by atoms with E-state index in [2.05, 4.69) is 29.2 Å². The summed E-state index contributed by atoms with van der Waals surface area (Å²) < 4.78 is 39.4. The third-order valence-corrected chi connectivity index (χ3v) is 12.4. The molecule has 0 saturated heterocycles. The number of rotatable bonds is 16. The van der Waals surface area contributed by atoms with Gasteiger partial charge in [0.2, 0.25) is 0 Å². The number of benzene rings is 6. The van der Waals surface area contributed by atoms with E-state index >= 15 is 0 Å². The minimum absolute atomic E-state index is 0.111. The largest absolute Gasteiger partial charge is 0.497 e. The van der Waals surface area contributed by atoms with Crippen molar-refractivity contribution in [2.24, 2.45) is 5.92 Å². The third kappa shape index (κ3) is 8.14. The molecule has 1 aromatic heterocycles. The van der Waals surface area contributed by atoms with Crippen LogP contribution in [0.3, 0.4) is 0 Å². The van der Waals surface area contributed by atoms with Gasteiger partial charge in [0, 0.05) is 17.7 Å². The summed E-state index contributed by atoms with van der Waals surface area (Å²) in [5, 5.41) is 0. The average Bonchev–Trinajstić information content (AvgIpc) is 3.66. The van der Waals surface area contributed by atoms with Crippen LogP contribution < -0.4 is 30.2 Å². The summed E-state index contributed by atoms with van der Waals surface area (Å²) in [6.07, 6.45) is 1.33. The highest BCUT2D eigenvalue weighted by Crippen LogP contribution is 2.50. The van der Waals surface area contributed by atoms with E-state index in [1.165, 1.54) is 0 Å². The molecule has 7 aromatic rings. The lowest BCUT2D eigenvalue weighted by Crippen LogP contribution is -2.41. The van der Waals surface area contributed by atoms with Crippen molar-refractivity contribution >= 4 is 0 Å². The van der Waals surface area contributed by atoms with Crippen LogP contribution in [0.25, 0.3) is 0 Å². The van der Waals surface area contributed by atoms with E-state index < -0.39 is 40.5 Å². The van der Waals surface area contributed by atoms with Gasteiger partial charge in [0.1, 0.15) is 34.2 Å². The summed E-state index contributed by atoms with van der Waals surface area (Å²) >= 11 is 0. The Balaban J connectivity index is 1.33. The van der Waals surface area contributed by atoms with Crippen LogP contribution in [-0.2, 0) is 20.7 Å². The third-order valence-electron chi connectivity index (χ3n) is 12.4. The molecule has 0 aliphatic heterocycles. The molecule has 1 aliphatic rings. The molecule has 1 heterocycles. The Morgan fingerprint density at radius 3 is 1.34 bits per heavy atom. The van der Waals surface area contributed by atoms with E-state index in [9.17, 15) is 9.59 Å². The first-order chi connectivity index (χ1) is 31.1. The summed E-state index contributed by atoms with van der Waals surface area (Å²) in [5.74, 6) is 2.31. The van der Waals surface area contributed by atoms with Crippen LogP contribution in [-0.4, -0.2) is 50.7 Å². The van der Waals surface area contributed by atoms with Crippen LogP contribution in [0.4, 0.5) is 0 Å². The van der Waals surface area contributed by atoms with Crippen molar-refractivity contribution in [1.29, 1.82) is 0 Å². The van der Waals surface area contributed by atoms with Crippen molar-refractivity contribution in [3.8, 4) is 23.0 Å². The summed E-state index contributed by atoms with van der Waals surface area (Å²) in [6, 6.07) is 51.2. The molecule has 0 bridgehead atoms. The van der Waals surface area contributed by atoms with Gasteiger partial charge in [-0.25, -0.2) is 4.79 Å². The Morgan fingerprint density at radius 2 is 0.938 bits per heavy atom. The van der Waals surface area contributed by atoms with E-state index in [0.29, 0.717) is 35.0 Å². The van der Waals surface area contributed by atoms with Crippen molar-refractivity contribution in [1.82, 2.24) is 9.55 Å². The fraction of sp³-hybridized carbons (Fsp3) is 0.222. The van der Waals surface area contributed by atoms with Gasteiger partial charge in [-0.2, -0.15) is 0 Å². The lowest BCUT2D eigenvalue weighted by atomic mass is 9.79. The highest BCUT2D eigenvalue weighted by molar-refractivity contribution is 5.52. The zero-order valence-electron chi connectivity index (χ0n) is 36.7. The normalized spacial score (nSPS) is 16.3. The molecule has 0 unspecified atom stereocenters. The molecule has 1 N–H and O–H groups in total. The topological polar surface area (TPSA) is 110 Å². The van der Waals surface area contributed by atoms with Crippen molar-refractivity contribution in [2.75, 3.05) is 35.0 Å². The zero-order valence-corrected chi connectivity index (χ0v) is 36.7. The first-order valence-corrected chi connectivity index (χ1v) is 21.2. The molecule has 0 spiro atoms. The van der Waals surface area contributed by atoms with Crippen LogP contribution in [0.1, 0.15) is 51.4 Å². The van der Waals surface area contributed by atoms with Gasteiger partial charge < -0.3 is 28.4 Å². The number of H-pyrrole nitrogens is 1. The number of aromatic amines is 1. The van der Waals surface area contributed by atoms with Crippen LogP contribution >= 0.6 is 0 Å². The lowest BCUT2D eigenvalue weighted by molar-refractivity contribution is -0.0882. The summed E-state index contributed by atoms with van der Waals surface area (Å²) in [7, 11) is 6.57. The highest BCUT2D eigenvalue weighted by atomic mass is 16.5. The van der Waals surface area contributed by atoms with Crippen LogP contribution in [0.5, 0.6) is 23.0 Å². The van der Waals surface area contributed by atoms with Gasteiger partial charge in [-0.1, -0.05) is 116 Å². The molecule has 1 aliphatic carbocycles. The quantitative estimate of drug-likeness (QED) is 0.0757. The van der Waals surface area contributed by atoms with Gasteiger partial charge in [-0.05, 0) is 101 Å². The predicted octanol–water partition coefficient (Wildman–Crippen LogP) is 9.38. The maximum absolute atomic E-state index is 13.7. The Hall–Kier alpha value is -7.14. The SMILES string of the molecule is C=C1[C@@H](COC(c2ccccc2)(c2ccc(OC)cc2)c2ccc(OC)cc2)[C@@H](OC(c2ccccc2)(c2ccc(OC)cc2)c2ccc(OC)cc2)C[C@@H]1n1cc(C)c(=O)[nH]c1=O. The Morgan fingerprint density at radius 1 is 0.562 bits per heavy atom. The van der Waals surface area contributed by atoms with Crippen molar-refractivity contribution in [3.05, 3.63) is 236 Å². The molecular weight excluding hydrogens is 805 g/mol. The molecule has 1 saturated carbocycles. The van der Waals surface area contributed by atoms with E-state index in [1.807, 2.05) is 133 Å². The van der Waals surface area contributed by atoms with Crippen molar-refractivity contribution in [2.45, 2.75) is 36.7 Å². The van der Waals surface area contributed by atoms with Crippen LogP contribution in [0.2, 0.25) is 0 Å².